The highest BCUT2D eigenvalue weighted by Crippen LogP contribution is 2.28. The number of nitrogens with two attached hydrogens (primary N) is 1. The number of pyridine rings is 1. The molecule has 0 aliphatic carbocycles. The first-order chi connectivity index (χ1) is 10.2. The van der Waals surface area contributed by atoms with Gasteiger partial charge in [-0.2, -0.15) is 0 Å². The zero-order valence-corrected chi connectivity index (χ0v) is 12.6. The number of benzene rings is 1. The number of hydrogen-bond donors (Lipinski definition) is 1. The molecule has 2 N–H and O–H groups in total. The average molecular weight is 317 g/mol. The number of nitrogen functional groups attached to an aromatic ring is 1. The summed E-state index contributed by atoms with van der Waals surface area (Å²) >= 11 is 3.10. The summed E-state index contributed by atoms with van der Waals surface area (Å²) in [5.74, 6) is 0.305. The van der Waals surface area contributed by atoms with Crippen LogP contribution >= 0.6 is 23.1 Å². The van der Waals surface area contributed by atoms with E-state index in [0.29, 0.717) is 5.75 Å². The van der Waals surface area contributed by atoms with Crippen LogP contribution in [-0.2, 0) is 5.75 Å². The van der Waals surface area contributed by atoms with Crippen molar-refractivity contribution in [3.63, 3.8) is 0 Å². The molecule has 0 unspecified atom stereocenters. The Bertz CT molecular complexity index is 744. The summed E-state index contributed by atoms with van der Waals surface area (Å²) in [5.41, 5.74) is 7.47. The summed E-state index contributed by atoms with van der Waals surface area (Å²) < 4.78 is 13.4. The zero-order valence-electron chi connectivity index (χ0n) is 11.0. The van der Waals surface area contributed by atoms with Crippen molar-refractivity contribution in [2.75, 3.05) is 5.73 Å². The molecule has 106 valence electrons. The molecule has 0 aliphatic rings. The van der Waals surface area contributed by atoms with E-state index in [9.17, 15) is 4.39 Å². The molecular formula is C15H12FN3S2. The number of halogens is 1. The Morgan fingerprint density at radius 2 is 2.14 bits per heavy atom. The van der Waals surface area contributed by atoms with Crippen molar-refractivity contribution in [1.82, 2.24) is 9.97 Å². The van der Waals surface area contributed by atoms with Crippen LogP contribution < -0.4 is 5.73 Å². The van der Waals surface area contributed by atoms with Crippen molar-refractivity contribution in [3.8, 4) is 10.7 Å². The van der Waals surface area contributed by atoms with E-state index < -0.39 is 0 Å². The van der Waals surface area contributed by atoms with Gasteiger partial charge in [0.05, 0.1) is 17.1 Å². The predicted molar refractivity (Wildman–Crippen MR) is 85.7 cm³/mol. The molecule has 0 spiro atoms. The summed E-state index contributed by atoms with van der Waals surface area (Å²) in [7, 11) is 0. The van der Waals surface area contributed by atoms with Crippen molar-refractivity contribution in [3.05, 3.63) is 59.5 Å². The molecule has 3 rings (SSSR count). The Balaban J connectivity index is 1.69. The van der Waals surface area contributed by atoms with Crippen molar-refractivity contribution in [1.29, 1.82) is 0 Å². The highest BCUT2D eigenvalue weighted by molar-refractivity contribution is 7.98. The summed E-state index contributed by atoms with van der Waals surface area (Å²) in [6.45, 7) is 0. The first kappa shape index (κ1) is 14.0. The second-order valence-electron chi connectivity index (χ2n) is 4.33. The lowest BCUT2D eigenvalue weighted by atomic mass is 10.3. The van der Waals surface area contributed by atoms with E-state index in [1.54, 1.807) is 23.6 Å². The van der Waals surface area contributed by atoms with Crippen molar-refractivity contribution in [2.45, 2.75) is 10.6 Å². The Morgan fingerprint density at radius 3 is 2.90 bits per heavy atom. The van der Waals surface area contributed by atoms with Crippen LogP contribution in [-0.4, -0.2) is 9.97 Å². The minimum atomic E-state index is -0.382. The van der Waals surface area contributed by atoms with Gasteiger partial charge in [0.2, 0.25) is 0 Å². The van der Waals surface area contributed by atoms with Crippen LogP contribution in [0.5, 0.6) is 0 Å². The molecule has 0 fully saturated rings. The minimum absolute atomic E-state index is 0.172. The van der Waals surface area contributed by atoms with Gasteiger partial charge in [-0.25, -0.2) is 9.37 Å². The smallest absolute Gasteiger partial charge is 0.147 e. The van der Waals surface area contributed by atoms with E-state index in [4.69, 9.17) is 5.73 Å². The van der Waals surface area contributed by atoms with Gasteiger partial charge in [0, 0.05) is 22.2 Å². The molecule has 0 bridgehead atoms. The van der Waals surface area contributed by atoms with Crippen molar-refractivity contribution in [2.24, 2.45) is 0 Å². The molecule has 2 heterocycles. The van der Waals surface area contributed by atoms with Gasteiger partial charge in [0.25, 0.3) is 0 Å². The molecule has 0 saturated heterocycles. The number of thioether (sulfide) groups is 1. The van der Waals surface area contributed by atoms with Crippen LogP contribution in [0.3, 0.4) is 0 Å². The number of aromatic nitrogens is 2. The maximum atomic E-state index is 13.4. The van der Waals surface area contributed by atoms with E-state index in [-0.39, 0.29) is 11.5 Å². The minimum Gasteiger partial charge on any atom is -0.396 e. The first-order valence-electron chi connectivity index (χ1n) is 6.26. The fourth-order valence-corrected chi connectivity index (χ4v) is 3.45. The highest BCUT2D eigenvalue weighted by atomic mass is 32.2. The molecule has 3 nitrogen and oxygen atoms in total. The molecule has 21 heavy (non-hydrogen) atoms. The van der Waals surface area contributed by atoms with Gasteiger partial charge in [0.15, 0.2) is 0 Å². The van der Waals surface area contributed by atoms with Gasteiger partial charge in [-0.3, -0.25) is 4.98 Å². The van der Waals surface area contributed by atoms with E-state index in [2.05, 4.69) is 9.97 Å². The third-order valence-corrected chi connectivity index (χ3v) is 4.74. The molecule has 3 aromatic rings. The molecular weight excluding hydrogens is 305 g/mol. The van der Waals surface area contributed by atoms with E-state index in [1.807, 2.05) is 29.6 Å². The van der Waals surface area contributed by atoms with Crippen LogP contribution in [0, 0.1) is 5.82 Å². The van der Waals surface area contributed by atoms with Gasteiger partial charge in [-0.1, -0.05) is 6.07 Å². The lowest BCUT2D eigenvalue weighted by molar-refractivity contribution is 0.629. The number of hydrogen-bond acceptors (Lipinski definition) is 5. The molecule has 1 aromatic carbocycles. The largest absolute Gasteiger partial charge is 0.396 e. The van der Waals surface area contributed by atoms with Crippen LogP contribution in [0.4, 0.5) is 10.1 Å². The molecule has 0 radical (unpaired) electrons. The third kappa shape index (κ3) is 3.40. The van der Waals surface area contributed by atoms with Crippen LogP contribution in [0.25, 0.3) is 10.7 Å². The van der Waals surface area contributed by atoms with Gasteiger partial charge in [-0.15, -0.1) is 23.1 Å². The Morgan fingerprint density at radius 1 is 1.24 bits per heavy atom. The van der Waals surface area contributed by atoms with E-state index >= 15 is 0 Å². The summed E-state index contributed by atoms with van der Waals surface area (Å²) in [6.07, 6.45) is 1.75. The Kier molecular flexibility index (Phi) is 4.17. The fourth-order valence-electron chi connectivity index (χ4n) is 1.74. The van der Waals surface area contributed by atoms with Gasteiger partial charge in [-0.05, 0) is 30.3 Å². The van der Waals surface area contributed by atoms with Gasteiger partial charge < -0.3 is 5.73 Å². The van der Waals surface area contributed by atoms with Gasteiger partial charge >= 0.3 is 0 Å². The van der Waals surface area contributed by atoms with Crippen LogP contribution in [0.15, 0.2) is 52.9 Å². The van der Waals surface area contributed by atoms with Crippen LogP contribution in [0.1, 0.15) is 5.69 Å². The first-order valence-corrected chi connectivity index (χ1v) is 8.12. The lowest BCUT2D eigenvalue weighted by Gasteiger charge is -2.01. The number of nitrogens with zero attached hydrogens (tertiary/aromatic N) is 2. The van der Waals surface area contributed by atoms with E-state index in [0.717, 1.165) is 21.3 Å². The number of thiazole rings is 1. The standard InChI is InChI=1S/C15H12FN3S2/c16-12-7-11(4-5-13(12)17)20-8-10-9-21-15(19-10)14-3-1-2-6-18-14/h1-7,9H,8,17H2. The Hall–Kier alpha value is -1.92. The second-order valence-corrected chi connectivity index (χ2v) is 6.24. The zero-order chi connectivity index (χ0) is 14.7. The monoisotopic (exact) mass is 317 g/mol. The highest BCUT2D eigenvalue weighted by Gasteiger charge is 2.07. The third-order valence-electron chi connectivity index (χ3n) is 2.79. The van der Waals surface area contributed by atoms with Crippen molar-refractivity contribution < 1.29 is 4.39 Å². The molecule has 2 aromatic heterocycles. The summed E-state index contributed by atoms with van der Waals surface area (Å²) in [4.78, 5) is 9.67. The summed E-state index contributed by atoms with van der Waals surface area (Å²) in [5, 5.41) is 2.90. The topological polar surface area (TPSA) is 51.8 Å². The van der Waals surface area contributed by atoms with Gasteiger partial charge in [0.1, 0.15) is 10.8 Å². The number of anilines is 1. The van der Waals surface area contributed by atoms with Crippen LogP contribution in [0.2, 0.25) is 0 Å². The maximum Gasteiger partial charge on any atom is 0.147 e. The summed E-state index contributed by atoms with van der Waals surface area (Å²) in [6, 6.07) is 10.6. The van der Waals surface area contributed by atoms with E-state index in [1.165, 1.54) is 17.8 Å². The quantitative estimate of drug-likeness (QED) is 0.578. The predicted octanol–water partition coefficient (Wildman–Crippen LogP) is 4.22. The fraction of sp³-hybridized carbons (Fsp3) is 0.0667. The molecule has 0 atom stereocenters. The Labute approximate surface area is 130 Å². The molecule has 6 heteroatoms. The average Bonchev–Trinajstić information content (AvgIpc) is 2.98. The normalized spacial score (nSPS) is 10.7. The maximum absolute atomic E-state index is 13.4. The van der Waals surface area contributed by atoms with Crippen molar-refractivity contribution >= 4 is 28.8 Å². The molecule has 0 amide bonds. The lowest BCUT2D eigenvalue weighted by Crippen LogP contribution is -1.90. The number of rotatable bonds is 4. The second kappa shape index (κ2) is 6.24. The molecule has 0 aliphatic heterocycles. The molecule has 0 saturated carbocycles. The SMILES string of the molecule is Nc1ccc(SCc2csc(-c3ccccn3)n2)cc1F.